The molecule has 0 aliphatic rings. The van der Waals surface area contributed by atoms with Gasteiger partial charge < -0.3 is 13.8 Å². The Labute approximate surface area is 91.0 Å². The van der Waals surface area contributed by atoms with Gasteiger partial charge in [-0.3, -0.25) is 0 Å². The summed E-state index contributed by atoms with van der Waals surface area (Å²) in [5, 5.41) is 0. The zero-order valence-corrected chi connectivity index (χ0v) is 8.27. The molecule has 0 rings (SSSR count). The van der Waals surface area contributed by atoms with E-state index in [0.717, 1.165) is 0 Å². The van der Waals surface area contributed by atoms with Crippen molar-refractivity contribution in [3.63, 3.8) is 0 Å². The van der Waals surface area contributed by atoms with Crippen molar-refractivity contribution in [1.82, 2.24) is 0 Å². The van der Waals surface area contributed by atoms with Crippen LogP contribution in [0.3, 0.4) is 0 Å². The first kappa shape index (κ1) is 41.4. The molecule has 0 fully saturated rings. The molecule has 0 aliphatic carbocycles. The number of hydrogen-bond acceptors (Lipinski definition) is 1. The van der Waals surface area contributed by atoms with Crippen LogP contribution in [-0.2, 0) is 40.8 Å². The molecule has 0 aromatic heterocycles. The summed E-state index contributed by atoms with van der Waals surface area (Å²) >= 11 is 0.500. The quantitative estimate of drug-likeness (QED) is 0.458. The van der Waals surface area contributed by atoms with Gasteiger partial charge in [0.25, 0.3) is 0 Å². The molecule has 0 unspecified atom stereocenters. The first-order chi connectivity index (χ1) is 1.00. The molecule has 0 aromatic rings. The monoisotopic (exact) mass is 245 g/mol. The Hall–Kier alpha value is 2.21. The van der Waals surface area contributed by atoms with Crippen LogP contribution in [0.1, 0.15) is 2.85 Å². The summed E-state index contributed by atoms with van der Waals surface area (Å²) in [6.07, 6.45) is 0. The Morgan fingerprint density at radius 3 is 1.17 bits per heavy atom. The third-order valence-electron chi connectivity index (χ3n) is 0. The molecule has 4 N–H and O–H groups in total. The molecule has 3 nitrogen and oxygen atoms in total. The van der Waals surface area contributed by atoms with Crippen LogP contribution in [0.2, 0.25) is 0 Å². The van der Waals surface area contributed by atoms with Crippen LogP contribution in [0.25, 0.3) is 0 Å². The molecule has 0 saturated carbocycles. The average molecular weight is 246 g/mol. The second-order valence-electron chi connectivity index (χ2n) is 0. The molecule has 0 aliphatic heterocycles. The average Bonchev–Trinajstić information content (AvgIpc) is 1.00. The van der Waals surface area contributed by atoms with Crippen LogP contribution in [0.4, 0.5) is 0 Å². The first-order valence-corrected chi connectivity index (χ1v) is 1.08. The van der Waals surface area contributed by atoms with Crippen molar-refractivity contribution in [3.05, 3.63) is 0 Å². The molecule has 0 heterocycles. The van der Waals surface area contributed by atoms with E-state index in [1.807, 2.05) is 0 Å². The number of rotatable bonds is 0. The molecule has 41 valence electrons. The Morgan fingerprint density at radius 2 is 1.17 bits per heavy atom. The van der Waals surface area contributed by atoms with Crippen LogP contribution in [0.5, 0.6) is 0 Å². The summed E-state index contributed by atoms with van der Waals surface area (Å²) in [7, 11) is 0. The van der Waals surface area contributed by atoms with Crippen molar-refractivity contribution in [2.45, 2.75) is 0 Å². The Kier molecular flexibility index (Phi) is 392. The van der Waals surface area contributed by atoms with Gasteiger partial charge in [-0.05, 0) is 0 Å². The van der Waals surface area contributed by atoms with E-state index in [-0.39, 0.29) is 68.0 Å². The van der Waals surface area contributed by atoms with E-state index in [4.69, 9.17) is 3.25 Å². The predicted octanol–water partition coefficient (Wildman–Crippen LogP) is -1.93. The van der Waals surface area contributed by atoms with E-state index in [2.05, 4.69) is 0 Å². The van der Waals surface area contributed by atoms with Crippen LogP contribution in [-0.4, -0.2) is 48.7 Å². The summed E-state index contributed by atoms with van der Waals surface area (Å²) in [6.45, 7) is 0. The van der Waals surface area contributed by atoms with Crippen LogP contribution in [0, 0.1) is 0 Å². The van der Waals surface area contributed by atoms with Gasteiger partial charge >= 0.3 is 62.0 Å². The second kappa shape index (κ2) is 56.8. The van der Waals surface area contributed by atoms with Crippen molar-refractivity contribution in [3.8, 4) is 0 Å². The standard InChI is InChI=1S/Ca.Nb.Ni.2H2O.O.2H/h;;;2*1H2;;;/q+2;;;;;;2*-1. The summed E-state index contributed by atoms with van der Waals surface area (Å²) in [4.78, 5) is 0. The zero-order chi connectivity index (χ0) is 2.00. The van der Waals surface area contributed by atoms with Gasteiger partial charge in [0, 0.05) is 16.5 Å². The predicted molar refractivity (Wildman–Crippen MR) is 15.9 cm³/mol. The van der Waals surface area contributed by atoms with Crippen LogP contribution >= 0.6 is 0 Å². The van der Waals surface area contributed by atoms with E-state index < -0.39 is 0 Å². The fourth-order valence-corrected chi connectivity index (χ4v) is 0. The molecule has 0 atom stereocenters. The van der Waals surface area contributed by atoms with E-state index in [9.17, 15) is 0 Å². The van der Waals surface area contributed by atoms with Gasteiger partial charge in [0.15, 0.2) is 0 Å². The Morgan fingerprint density at radius 1 is 1.17 bits per heavy atom. The molecule has 0 radical (unpaired) electrons. The minimum atomic E-state index is 0. The normalized spacial score (nSPS) is 0.500. The molecule has 0 spiro atoms. The third kappa shape index (κ3) is 34.5. The van der Waals surface area contributed by atoms with Crippen molar-refractivity contribution in [1.29, 1.82) is 0 Å². The zero-order valence-electron chi connectivity index (χ0n) is 4.88. The maximum absolute atomic E-state index is 8.30. The molecule has 6 heteroatoms. The van der Waals surface area contributed by atoms with Crippen molar-refractivity contribution in [2.75, 3.05) is 0 Å². The van der Waals surface area contributed by atoms with Gasteiger partial charge in [-0.2, -0.15) is 0 Å². The molecule has 6 heavy (non-hydrogen) atoms. The minimum absolute atomic E-state index is 0. The summed E-state index contributed by atoms with van der Waals surface area (Å²) in [5.41, 5.74) is 0. The van der Waals surface area contributed by atoms with Crippen LogP contribution < -0.4 is 0 Å². The van der Waals surface area contributed by atoms with Crippen molar-refractivity contribution in [2.24, 2.45) is 0 Å². The Balaban J connectivity index is -0.000000000333. The van der Waals surface area contributed by atoms with E-state index in [1.54, 1.807) is 0 Å². The molecular weight excluding hydrogens is 240 g/mol. The second-order valence-corrected chi connectivity index (χ2v) is 0. The third-order valence-corrected chi connectivity index (χ3v) is 0. The fraction of sp³-hybridized carbons (Fsp3) is 0. The van der Waals surface area contributed by atoms with E-state index in [1.165, 1.54) is 0 Å². The SMILES string of the molecule is O.O.[Ca+2].[H-].[H-].[Ni].[O]=[Nb]. The van der Waals surface area contributed by atoms with E-state index in [0.29, 0.717) is 21.0 Å². The molecule has 0 amide bonds. The van der Waals surface area contributed by atoms with E-state index >= 15 is 0 Å². The summed E-state index contributed by atoms with van der Waals surface area (Å²) < 4.78 is 8.30. The topological polar surface area (TPSA) is 80.1 Å². The number of hydrogen-bond donors (Lipinski definition) is 0. The van der Waals surface area contributed by atoms with Gasteiger partial charge in [-0.25, -0.2) is 0 Å². The van der Waals surface area contributed by atoms with Gasteiger partial charge in [-0.15, -0.1) is 0 Å². The molecule has 0 aromatic carbocycles. The van der Waals surface area contributed by atoms with Gasteiger partial charge in [0.1, 0.15) is 0 Å². The van der Waals surface area contributed by atoms with Gasteiger partial charge in [0.2, 0.25) is 0 Å². The van der Waals surface area contributed by atoms with Gasteiger partial charge in [-0.1, -0.05) is 0 Å². The fourth-order valence-electron chi connectivity index (χ4n) is 0. The first-order valence-electron chi connectivity index (χ1n) is 0.183. The molecular formula is H6CaNbNiO3. The maximum atomic E-state index is 8.30. The van der Waals surface area contributed by atoms with Gasteiger partial charge in [0.05, 0.1) is 0 Å². The summed E-state index contributed by atoms with van der Waals surface area (Å²) in [5.74, 6) is 0. The van der Waals surface area contributed by atoms with Crippen molar-refractivity contribution < 1.29 is 54.6 Å². The molecule has 0 saturated heterocycles. The Bertz CT molecular complexity index is 17.2. The summed E-state index contributed by atoms with van der Waals surface area (Å²) in [6, 6.07) is 0. The van der Waals surface area contributed by atoms with Crippen molar-refractivity contribution >= 4 is 37.7 Å². The molecule has 0 bridgehead atoms. The van der Waals surface area contributed by atoms with Crippen LogP contribution in [0.15, 0.2) is 0 Å².